The molecule has 0 aliphatic carbocycles. The summed E-state index contributed by atoms with van der Waals surface area (Å²) in [6.45, 7) is -0.251. The summed E-state index contributed by atoms with van der Waals surface area (Å²) in [6.07, 6.45) is 1.45. The molecule has 0 bridgehead atoms. The number of rotatable bonds is 6. The number of carbonyl (C=O) groups excluding carboxylic acids is 1. The summed E-state index contributed by atoms with van der Waals surface area (Å²) in [6, 6.07) is 13.8. The van der Waals surface area contributed by atoms with Gasteiger partial charge in [0.05, 0.1) is 23.9 Å². The van der Waals surface area contributed by atoms with Crippen molar-refractivity contribution in [2.24, 2.45) is 5.10 Å². The lowest BCUT2D eigenvalue weighted by molar-refractivity contribution is -0.123. The van der Waals surface area contributed by atoms with Crippen molar-refractivity contribution >= 4 is 23.7 Å². The zero-order valence-electron chi connectivity index (χ0n) is 12.8. The van der Waals surface area contributed by atoms with Gasteiger partial charge < -0.3 is 9.47 Å². The Hall–Kier alpha value is -3.04. The van der Waals surface area contributed by atoms with Crippen molar-refractivity contribution in [3.63, 3.8) is 0 Å². The average molecular weight is 344 g/mol. The number of hydrogen-bond acceptors (Lipinski definition) is 5. The van der Waals surface area contributed by atoms with Gasteiger partial charge in [-0.05, 0) is 35.9 Å². The highest BCUT2D eigenvalue weighted by molar-refractivity contribution is 6.32. The van der Waals surface area contributed by atoms with E-state index in [-0.39, 0.29) is 6.61 Å². The lowest BCUT2D eigenvalue weighted by Crippen LogP contribution is -2.24. The van der Waals surface area contributed by atoms with Gasteiger partial charge in [-0.3, -0.25) is 4.79 Å². The first kappa shape index (κ1) is 17.3. The SMILES string of the molecule is COc1ccc(/C=N/NC(=O)COc2ccccc2C#N)cc1Cl. The van der Waals surface area contributed by atoms with E-state index in [2.05, 4.69) is 10.5 Å². The Kier molecular flexibility index (Phi) is 6.17. The number of benzene rings is 2. The Balaban J connectivity index is 1.87. The molecule has 0 fully saturated rings. The molecule has 0 radical (unpaired) electrons. The van der Waals surface area contributed by atoms with Gasteiger partial charge in [0, 0.05) is 0 Å². The molecule has 0 spiro atoms. The number of hydrogen-bond donors (Lipinski definition) is 1. The lowest BCUT2D eigenvalue weighted by Gasteiger charge is -2.06. The van der Waals surface area contributed by atoms with Crippen LogP contribution in [0, 0.1) is 11.3 Å². The third-order valence-corrected chi connectivity index (χ3v) is 3.24. The monoisotopic (exact) mass is 343 g/mol. The van der Waals surface area contributed by atoms with E-state index in [1.807, 2.05) is 6.07 Å². The molecule has 0 aromatic heterocycles. The zero-order valence-corrected chi connectivity index (χ0v) is 13.6. The van der Waals surface area contributed by atoms with Gasteiger partial charge in [-0.25, -0.2) is 5.43 Å². The second-order valence-electron chi connectivity index (χ2n) is 4.58. The zero-order chi connectivity index (χ0) is 17.4. The Morgan fingerprint density at radius 1 is 1.33 bits per heavy atom. The van der Waals surface area contributed by atoms with Crippen molar-refractivity contribution in [1.29, 1.82) is 5.26 Å². The second-order valence-corrected chi connectivity index (χ2v) is 4.99. The van der Waals surface area contributed by atoms with Crippen LogP contribution in [0.25, 0.3) is 0 Å². The fourth-order valence-corrected chi connectivity index (χ4v) is 2.07. The maximum absolute atomic E-state index is 11.7. The summed E-state index contributed by atoms with van der Waals surface area (Å²) in [5.41, 5.74) is 3.40. The van der Waals surface area contributed by atoms with E-state index in [4.69, 9.17) is 26.3 Å². The number of para-hydroxylation sites is 1. The molecule has 2 aromatic rings. The topological polar surface area (TPSA) is 83.7 Å². The Bertz CT molecular complexity index is 800. The highest BCUT2D eigenvalue weighted by atomic mass is 35.5. The van der Waals surface area contributed by atoms with Crippen LogP contribution in [-0.4, -0.2) is 25.8 Å². The fourth-order valence-electron chi connectivity index (χ4n) is 1.80. The predicted molar refractivity (Wildman–Crippen MR) is 90.4 cm³/mol. The van der Waals surface area contributed by atoms with E-state index < -0.39 is 5.91 Å². The van der Waals surface area contributed by atoms with Crippen molar-refractivity contribution < 1.29 is 14.3 Å². The third-order valence-electron chi connectivity index (χ3n) is 2.94. The molecular formula is C17H14ClN3O3. The van der Waals surface area contributed by atoms with Crippen LogP contribution in [0.3, 0.4) is 0 Å². The fraction of sp³-hybridized carbons (Fsp3) is 0.118. The number of ether oxygens (including phenoxy) is 2. The molecule has 1 amide bonds. The molecule has 0 atom stereocenters. The molecule has 0 aliphatic rings. The minimum absolute atomic E-state index is 0.251. The number of amides is 1. The molecule has 122 valence electrons. The number of nitrogens with zero attached hydrogens (tertiary/aromatic N) is 2. The number of carbonyl (C=O) groups is 1. The van der Waals surface area contributed by atoms with E-state index in [9.17, 15) is 4.79 Å². The first-order valence-electron chi connectivity index (χ1n) is 6.91. The van der Waals surface area contributed by atoms with Crippen molar-refractivity contribution in [3.8, 4) is 17.6 Å². The number of methoxy groups -OCH3 is 1. The molecule has 0 aliphatic heterocycles. The second kappa shape index (κ2) is 8.56. The quantitative estimate of drug-likeness (QED) is 0.645. The van der Waals surface area contributed by atoms with Crippen molar-refractivity contribution in [2.75, 3.05) is 13.7 Å². The van der Waals surface area contributed by atoms with E-state index in [0.29, 0.717) is 27.6 Å². The molecule has 0 heterocycles. The predicted octanol–water partition coefficient (Wildman–Crippen LogP) is 2.75. The Morgan fingerprint density at radius 3 is 2.83 bits per heavy atom. The molecule has 0 saturated carbocycles. The van der Waals surface area contributed by atoms with Gasteiger partial charge in [-0.1, -0.05) is 23.7 Å². The van der Waals surface area contributed by atoms with Gasteiger partial charge >= 0.3 is 0 Å². The molecule has 0 saturated heterocycles. The molecule has 2 rings (SSSR count). The van der Waals surface area contributed by atoms with Crippen LogP contribution in [0.15, 0.2) is 47.6 Å². The minimum Gasteiger partial charge on any atom is -0.495 e. The summed E-state index contributed by atoms with van der Waals surface area (Å²) in [4.78, 5) is 11.7. The van der Waals surface area contributed by atoms with Gasteiger partial charge in [0.15, 0.2) is 6.61 Å². The molecule has 6 nitrogen and oxygen atoms in total. The molecular weight excluding hydrogens is 330 g/mol. The van der Waals surface area contributed by atoms with Gasteiger partial charge in [0.25, 0.3) is 5.91 Å². The lowest BCUT2D eigenvalue weighted by atomic mass is 10.2. The summed E-state index contributed by atoms with van der Waals surface area (Å²) >= 11 is 6.00. The van der Waals surface area contributed by atoms with Gasteiger partial charge in [-0.2, -0.15) is 10.4 Å². The number of nitrogens with one attached hydrogen (secondary N) is 1. The van der Waals surface area contributed by atoms with Crippen LogP contribution in [0.2, 0.25) is 5.02 Å². The van der Waals surface area contributed by atoms with Crippen molar-refractivity contribution in [1.82, 2.24) is 5.43 Å². The van der Waals surface area contributed by atoms with E-state index >= 15 is 0 Å². The highest BCUT2D eigenvalue weighted by Gasteiger charge is 2.05. The molecule has 24 heavy (non-hydrogen) atoms. The van der Waals surface area contributed by atoms with Crippen LogP contribution in [0.1, 0.15) is 11.1 Å². The van der Waals surface area contributed by atoms with Gasteiger partial charge in [0.2, 0.25) is 0 Å². The summed E-state index contributed by atoms with van der Waals surface area (Å²) in [5.74, 6) is 0.460. The number of nitriles is 1. The summed E-state index contributed by atoms with van der Waals surface area (Å²) in [7, 11) is 1.53. The molecule has 0 unspecified atom stereocenters. The standard InChI is InChI=1S/C17H14ClN3O3/c1-23-16-7-6-12(8-14(16)18)10-20-21-17(22)11-24-15-5-3-2-4-13(15)9-19/h2-8,10H,11H2,1H3,(H,21,22)/b20-10+. The van der Waals surface area contributed by atoms with Gasteiger partial charge in [-0.15, -0.1) is 0 Å². The summed E-state index contributed by atoms with van der Waals surface area (Å²) in [5, 5.41) is 13.2. The van der Waals surface area contributed by atoms with E-state index in [1.54, 1.807) is 42.5 Å². The summed E-state index contributed by atoms with van der Waals surface area (Å²) < 4.78 is 10.3. The first-order valence-corrected chi connectivity index (χ1v) is 7.29. The smallest absolute Gasteiger partial charge is 0.277 e. The largest absolute Gasteiger partial charge is 0.495 e. The van der Waals surface area contributed by atoms with Crippen LogP contribution >= 0.6 is 11.6 Å². The molecule has 1 N–H and O–H groups in total. The third kappa shape index (κ3) is 4.73. The van der Waals surface area contributed by atoms with Crippen LogP contribution < -0.4 is 14.9 Å². The maximum Gasteiger partial charge on any atom is 0.277 e. The van der Waals surface area contributed by atoms with Crippen LogP contribution in [0.5, 0.6) is 11.5 Å². The molecule has 7 heteroatoms. The van der Waals surface area contributed by atoms with Crippen LogP contribution in [-0.2, 0) is 4.79 Å². The molecule has 2 aromatic carbocycles. The minimum atomic E-state index is -0.446. The maximum atomic E-state index is 11.7. The Morgan fingerprint density at radius 2 is 2.12 bits per heavy atom. The van der Waals surface area contributed by atoms with Crippen molar-refractivity contribution in [2.45, 2.75) is 0 Å². The van der Waals surface area contributed by atoms with Crippen molar-refractivity contribution in [3.05, 3.63) is 58.6 Å². The highest BCUT2D eigenvalue weighted by Crippen LogP contribution is 2.24. The average Bonchev–Trinajstić information content (AvgIpc) is 2.60. The normalized spacial score (nSPS) is 10.2. The van der Waals surface area contributed by atoms with Gasteiger partial charge in [0.1, 0.15) is 17.6 Å². The first-order chi connectivity index (χ1) is 11.6. The van der Waals surface area contributed by atoms with Crippen LogP contribution in [0.4, 0.5) is 0 Å². The number of halogens is 1. The number of hydrazone groups is 1. The van der Waals surface area contributed by atoms with E-state index in [0.717, 1.165) is 0 Å². The van der Waals surface area contributed by atoms with E-state index in [1.165, 1.54) is 13.3 Å². The Labute approximate surface area is 144 Å².